The molecule has 0 aliphatic rings. The van der Waals surface area contributed by atoms with Gasteiger partial charge in [-0.15, -0.1) is 0 Å². The van der Waals surface area contributed by atoms with Gasteiger partial charge in [0, 0.05) is 10.7 Å². The first-order valence-electron chi connectivity index (χ1n) is 7.67. The molecule has 2 amide bonds. The Bertz CT molecular complexity index is 760. The van der Waals surface area contributed by atoms with Crippen LogP contribution < -0.4 is 15.5 Å². The fourth-order valence-electron chi connectivity index (χ4n) is 1.95. The molecular weight excluding hydrogens is 342 g/mol. The number of carbonyl (C=O) groups excluding carboxylic acids is 2. The highest BCUT2D eigenvalue weighted by atomic mass is 35.5. The van der Waals surface area contributed by atoms with Gasteiger partial charge in [0.2, 0.25) is 11.8 Å². The molecule has 0 aliphatic heterocycles. The van der Waals surface area contributed by atoms with Gasteiger partial charge in [0.25, 0.3) is 0 Å². The summed E-state index contributed by atoms with van der Waals surface area (Å²) in [4.78, 5) is 23.5. The number of rotatable bonds is 7. The smallest absolute Gasteiger partial charge is 0.249 e. The molecule has 0 spiro atoms. The van der Waals surface area contributed by atoms with Crippen molar-refractivity contribution >= 4 is 35.3 Å². The van der Waals surface area contributed by atoms with Crippen molar-refractivity contribution < 1.29 is 14.3 Å². The summed E-state index contributed by atoms with van der Waals surface area (Å²) in [6.45, 7) is 2.51. The van der Waals surface area contributed by atoms with E-state index in [4.69, 9.17) is 16.3 Å². The maximum absolute atomic E-state index is 11.8. The van der Waals surface area contributed by atoms with Crippen LogP contribution in [0, 0.1) is 0 Å². The summed E-state index contributed by atoms with van der Waals surface area (Å²) < 4.78 is 5.34. The lowest BCUT2D eigenvalue weighted by molar-refractivity contribution is -0.126. The largest absolute Gasteiger partial charge is 0.494 e. The van der Waals surface area contributed by atoms with E-state index in [0.717, 1.165) is 11.3 Å². The molecule has 0 saturated heterocycles. The minimum Gasteiger partial charge on any atom is -0.494 e. The Kier molecular flexibility index (Phi) is 6.98. The zero-order chi connectivity index (χ0) is 18.1. The number of nitrogens with one attached hydrogen (secondary N) is 2. The minimum atomic E-state index is -0.512. The van der Waals surface area contributed by atoms with Crippen LogP contribution in [0.5, 0.6) is 5.75 Å². The number of amides is 2. The summed E-state index contributed by atoms with van der Waals surface area (Å²) in [5.74, 6) is -0.195. The van der Waals surface area contributed by atoms with E-state index in [-0.39, 0.29) is 6.42 Å². The van der Waals surface area contributed by atoms with Gasteiger partial charge in [-0.05, 0) is 55.0 Å². The van der Waals surface area contributed by atoms with Gasteiger partial charge in [0.15, 0.2) is 0 Å². The summed E-state index contributed by atoms with van der Waals surface area (Å²) in [5.41, 5.74) is 3.64. The highest BCUT2D eigenvalue weighted by molar-refractivity contribution is 6.30. The number of ether oxygens (including phenoxy) is 1. The first-order chi connectivity index (χ1) is 12.1. The van der Waals surface area contributed by atoms with Gasteiger partial charge in [-0.2, -0.15) is 5.10 Å². The molecule has 2 N–H and O–H groups in total. The van der Waals surface area contributed by atoms with Crippen LogP contribution in [-0.4, -0.2) is 24.6 Å². The van der Waals surface area contributed by atoms with Crippen molar-refractivity contribution in [3.63, 3.8) is 0 Å². The van der Waals surface area contributed by atoms with Gasteiger partial charge in [-0.1, -0.05) is 17.7 Å². The van der Waals surface area contributed by atoms with E-state index in [1.807, 2.05) is 31.2 Å². The molecule has 0 fully saturated rings. The predicted octanol–water partition coefficient (Wildman–Crippen LogP) is 3.22. The molecule has 25 heavy (non-hydrogen) atoms. The van der Waals surface area contributed by atoms with Crippen LogP contribution in [0.3, 0.4) is 0 Å². The third-order valence-electron chi connectivity index (χ3n) is 3.02. The van der Waals surface area contributed by atoms with Crippen molar-refractivity contribution in [1.82, 2.24) is 5.43 Å². The van der Waals surface area contributed by atoms with Gasteiger partial charge in [0.1, 0.15) is 12.2 Å². The number of hydrogen-bond acceptors (Lipinski definition) is 4. The molecule has 7 heteroatoms. The monoisotopic (exact) mass is 359 g/mol. The fourth-order valence-corrected chi connectivity index (χ4v) is 2.14. The van der Waals surface area contributed by atoms with E-state index >= 15 is 0 Å². The Labute approximate surface area is 150 Å². The second-order valence-corrected chi connectivity index (χ2v) is 5.47. The Morgan fingerprint density at radius 2 is 1.92 bits per heavy atom. The van der Waals surface area contributed by atoms with Gasteiger partial charge in [-0.3, -0.25) is 9.59 Å². The molecule has 0 aromatic heterocycles. The molecule has 0 atom stereocenters. The first-order valence-corrected chi connectivity index (χ1v) is 8.05. The van der Waals surface area contributed by atoms with Crippen molar-refractivity contribution in [3.8, 4) is 5.75 Å². The molecule has 0 bridgehead atoms. The zero-order valence-electron chi connectivity index (χ0n) is 13.7. The molecule has 0 aliphatic carbocycles. The van der Waals surface area contributed by atoms with Crippen molar-refractivity contribution in [2.45, 2.75) is 13.3 Å². The van der Waals surface area contributed by atoms with Crippen LogP contribution in [-0.2, 0) is 9.59 Å². The number of halogens is 1. The summed E-state index contributed by atoms with van der Waals surface area (Å²) in [6.07, 6.45) is 1.15. The van der Waals surface area contributed by atoms with Crippen molar-refractivity contribution in [2.24, 2.45) is 5.10 Å². The lowest BCUT2D eigenvalue weighted by Gasteiger charge is -2.05. The van der Waals surface area contributed by atoms with E-state index < -0.39 is 11.8 Å². The average Bonchev–Trinajstić information content (AvgIpc) is 2.56. The van der Waals surface area contributed by atoms with Crippen molar-refractivity contribution in [2.75, 3.05) is 11.9 Å². The number of anilines is 1. The molecule has 0 unspecified atom stereocenters. The number of nitrogens with zero attached hydrogens (tertiary/aromatic N) is 1. The molecule has 0 heterocycles. The molecule has 2 aromatic carbocycles. The summed E-state index contributed by atoms with van der Waals surface area (Å²) in [6, 6.07) is 13.9. The van der Waals surface area contributed by atoms with E-state index in [1.54, 1.807) is 24.3 Å². The third kappa shape index (κ3) is 6.64. The Morgan fingerprint density at radius 3 is 2.60 bits per heavy atom. The molecular formula is C18H18ClN3O3. The summed E-state index contributed by atoms with van der Waals surface area (Å²) in [5, 5.41) is 6.92. The van der Waals surface area contributed by atoms with E-state index in [1.165, 1.54) is 6.21 Å². The minimum absolute atomic E-state index is 0.340. The fraction of sp³-hybridized carbons (Fsp3) is 0.167. The number of carbonyl (C=O) groups is 2. The quantitative estimate of drug-likeness (QED) is 0.452. The Hall–Kier alpha value is -2.86. The van der Waals surface area contributed by atoms with Crippen LogP contribution in [0.1, 0.15) is 18.9 Å². The highest BCUT2D eigenvalue weighted by Crippen LogP contribution is 2.15. The van der Waals surface area contributed by atoms with Crippen LogP contribution >= 0.6 is 11.6 Å². The number of hydrogen-bond donors (Lipinski definition) is 2. The Morgan fingerprint density at radius 1 is 1.16 bits per heavy atom. The lowest BCUT2D eigenvalue weighted by atomic mass is 10.2. The second-order valence-electron chi connectivity index (χ2n) is 5.03. The normalized spacial score (nSPS) is 10.5. The zero-order valence-corrected chi connectivity index (χ0v) is 14.4. The Balaban J connectivity index is 1.78. The van der Waals surface area contributed by atoms with Crippen molar-refractivity contribution in [3.05, 3.63) is 59.1 Å². The van der Waals surface area contributed by atoms with Crippen LogP contribution in [0.4, 0.5) is 5.69 Å². The third-order valence-corrected chi connectivity index (χ3v) is 3.26. The van der Waals surface area contributed by atoms with Gasteiger partial charge in [0.05, 0.1) is 12.8 Å². The molecule has 0 radical (unpaired) electrons. The maximum Gasteiger partial charge on any atom is 0.249 e. The summed E-state index contributed by atoms with van der Waals surface area (Å²) in [7, 11) is 0. The highest BCUT2D eigenvalue weighted by Gasteiger charge is 2.09. The second kappa shape index (κ2) is 9.44. The van der Waals surface area contributed by atoms with E-state index in [0.29, 0.717) is 17.3 Å². The first kappa shape index (κ1) is 18.5. The number of hydrazone groups is 1. The van der Waals surface area contributed by atoms with E-state index in [2.05, 4.69) is 15.8 Å². The van der Waals surface area contributed by atoms with Gasteiger partial charge < -0.3 is 10.1 Å². The SMILES string of the molecule is CCOc1ccc(/C=N\NC(=O)CC(=O)Nc2cccc(Cl)c2)cc1. The van der Waals surface area contributed by atoms with Crippen LogP contribution in [0.25, 0.3) is 0 Å². The average molecular weight is 360 g/mol. The standard InChI is InChI=1S/C18H18ClN3O3/c1-2-25-16-8-6-13(7-9-16)12-20-22-18(24)11-17(23)21-15-5-3-4-14(19)10-15/h3-10,12H,2,11H2,1H3,(H,21,23)(H,22,24)/b20-12-. The topological polar surface area (TPSA) is 79.8 Å². The lowest BCUT2D eigenvalue weighted by Crippen LogP contribution is -2.24. The molecule has 6 nitrogen and oxygen atoms in total. The molecule has 2 rings (SSSR count). The van der Waals surface area contributed by atoms with Gasteiger partial charge in [-0.25, -0.2) is 5.43 Å². The predicted molar refractivity (Wildman–Crippen MR) is 98.0 cm³/mol. The molecule has 0 saturated carbocycles. The summed E-state index contributed by atoms with van der Waals surface area (Å²) >= 11 is 5.83. The number of benzene rings is 2. The van der Waals surface area contributed by atoms with Crippen molar-refractivity contribution in [1.29, 1.82) is 0 Å². The molecule has 130 valence electrons. The maximum atomic E-state index is 11.8. The molecule has 2 aromatic rings. The van der Waals surface area contributed by atoms with Crippen LogP contribution in [0.15, 0.2) is 53.6 Å². The van der Waals surface area contributed by atoms with E-state index in [9.17, 15) is 9.59 Å². The van der Waals surface area contributed by atoms with Gasteiger partial charge >= 0.3 is 0 Å². The van der Waals surface area contributed by atoms with Crippen LogP contribution in [0.2, 0.25) is 5.02 Å².